The van der Waals surface area contributed by atoms with Crippen LogP contribution in [0.4, 0.5) is 4.79 Å². The highest BCUT2D eigenvalue weighted by atomic mass is 16.6. The number of hydrogen-bond donors (Lipinski definition) is 2. The average Bonchev–Trinajstić information content (AvgIpc) is 2.62. The number of nitrogens with one attached hydrogen (secondary N) is 1. The molecule has 0 aromatic heterocycles. The van der Waals surface area contributed by atoms with Crippen molar-refractivity contribution in [2.45, 2.75) is 58.3 Å². The first-order chi connectivity index (χ1) is 13.4. The van der Waals surface area contributed by atoms with Gasteiger partial charge in [-0.25, -0.2) is 9.59 Å². The van der Waals surface area contributed by atoms with Gasteiger partial charge in [0.05, 0.1) is 13.5 Å². The molecule has 29 heavy (non-hydrogen) atoms. The molecule has 1 aromatic carbocycles. The highest BCUT2D eigenvalue weighted by Gasteiger charge is 2.34. The van der Waals surface area contributed by atoms with Crippen molar-refractivity contribution < 1.29 is 33.8 Å². The third-order valence-corrected chi connectivity index (χ3v) is 3.86. The molecule has 2 amide bonds. The molecule has 0 bridgehead atoms. The molecule has 9 heteroatoms. The first kappa shape index (κ1) is 23.9. The summed E-state index contributed by atoms with van der Waals surface area (Å²) in [6.07, 6.45) is -1.60. The second kappa shape index (κ2) is 10.4. The standard InChI is InChI=1S/C20H28N2O7/c1-13(18(26)28-5)22(12-14-9-7-6-8-10-14)17(25)15(11-16(23)24)21-19(27)29-20(2,3)4/h6-10,13,15H,11-12H2,1-5H3,(H,21,27)(H,23,24)/t13-,15-/m0/s1. The largest absolute Gasteiger partial charge is 0.481 e. The molecule has 0 aliphatic carbocycles. The maximum absolute atomic E-state index is 13.1. The SMILES string of the molecule is COC(=O)[C@H](C)N(Cc1ccccc1)C(=O)[C@H](CC(=O)O)NC(=O)OC(C)(C)C. The van der Waals surface area contributed by atoms with E-state index in [1.165, 1.54) is 18.9 Å². The molecule has 0 heterocycles. The summed E-state index contributed by atoms with van der Waals surface area (Å²) in [5.41, 5.74) is -0.104. The minimum atomic E-state index is -1.42. The normalized spacial score (nSPS) is 13.0. The van der Waals surface area contributed by atoms with Gasteiger partial charge in [-0.2, -0.15) is 0 Å². The quantitative estimate of drug-likeness (QED) is 0.630. The molecule has 2 N–H and O–H groups in total. The summed E-state index contributed by atoms with van der Waals surface area (Å²) in [5, 5.41) is 11.5. The number of nitrogens with zero attached hydrogens (tertiary/aromatic N) is 1. The number of carbonyl (C=O) groups excluding carboxylic acids is 3. The lowest BCUT2D eigenvalue weighted by Gasteiger charge is -2.31. The zero-order chi connectivity index (χ0) is 22.2. The van der Waals surface area contributed by atoms with E-state index in [4.69, 9.17) is 9.47 Å². The Morgan fingerprint density at radius 3 is 2.21 bits per heavy atom. The van der Waals surface area contributed by atoms with Crippen molar-refractivity contribution in [1.29, 1.82) is 0 Å². The minimum Gasteiger partial charge on any atom is -0.481 e. The van der Waals surface area contributed by atoms with Crippen molar-refractivity contribution in [2.75, 3.05) is 7.11 Å². The Morgan fingerprint density at radius 2 is 1.72 bits per heavy atom. The van der Waals surface area contributed by atoms with Gasteiger partial charge >= 0.3 is 18.0 Å². The Labute approximate surface area is 170 Å². The van der Waals surface area contributed by atoms with Gasteiger partial charge in [-0.3, -0.25) is 9.59 Å². The predicted octanol–water partition coefficient (Wildman–Crippen LogP) is 1.94. The van der Waals surface area contributed by atoms with Crippen LogP contribution in [0.25, 0.3) is 0 Å². The molecule has 0 spiro atoms. The molecule has 1 rings (SSSR count). The summed E-state index contributed by atoms with van der Waals surface area (Å²) in [7, 11) is 1.19. The number of aliphatic carboxylic acids is 1. The van der Waals surface area contributed by atoms with Crippen LogP contribution in [0.5, 0.6) is 0 Å². The van der Waals surface area contributed by atoms with E-state index in [9.17, 15) is 24.3 Å². The van der Waals surface area contributed by atoms with Crippen molar-refractivity contribution in [3.63, 3.8) is 0 Å². The number of carboxylic acids is 1. The summed E-state index contributed by atoms with van der Waals surface area (Å²) >= 11 is 0. The van der Waals surface area contributed by atoms with Crippen LogP contribution in [-0.4, -0.2) is 58.7 Å². The molecule has 0 saturated heterocycles. The number of amides is 2. The number of hydrogen-bond acceptors (Lipinski definition) is 6. The van der Waals surface area contributed by atoms with Gasteiger partial charge in [-0.05, 0) is 33.3 Å². The van der Waals surface area contributed by atoms with Crippen LogP contribution in [0, 0.1) is 0 Å². The lowest BCUT2D eigenvalue weighted by atomic mass is 10.1. The van der Waals surface area contributed by atoms with Gasteiger partial charge in [0.1, 0.15) is 17.7 Å². The van der Waals surface area contributed by atoms with E-state index in [1.807, 2.05) is 0 Å². The molecule has 0 saturated carbocycles. The number of carboxylic acid groups (broad SMARTS) is 1. The van der Waals surface area contributed by atoms with Crippen molar-refractivity contribution in [2.24, 2.45) is 0 Å². The fourth-order valence-electron chi connectivity index (χ4n) is 2.51. The van der Waals surface area contributed by atoms with Gasteiger partial charge in [0.2, 0.25) is 5.91 Å². The molecule has 9 nitrogen and oxygen atoms in total. The second-order valence-electron chi connectivity index (χ2n) is 7.45. The summed E-state index contributed by atoms with van der Waals surface area (Å²) in [4.78, 5) is 49.7. The van der Waals surface area contributed by atoms with Crippen LogP contribution >= 0.6 is 0 Å². The first-order valence-electron chi connectivity index (χ1n) is 9.08. The second-order valence-corrected chi connectivity index (χ2v) is 7.45. The zero-order valence-electron chi connectivity index (χ0n) is 17.3. The molecule has 0 radical (unpaired) electrons. The lowest BCUT2D eigenvalue weighted by molar-refractivity contribution is -0.154. The van der Waals surface area contributed by atoms with E-state index < -0.39 is 48.0 Å². The number of rotatable bonds is 8. The Kier molecular flexibility index (Phi) is 8.62. The van der Waals surface area contributed by atoms with E-state index in [2.05, 4.69) is 5.32 Å². The number of carbonyl (C=O) groups is 4. The molecule has 0 unspecified atom stereocenters. The van der Waals surface area contributed by atoms with Gasteiger partial charge in [0.25, 0.3) is 0 Å². The number of esters is 1. The van der Waals surface area contributed by atoms with Crippen molar-refractivity contribution >= 4 is 23.9 Å². The molecule has 1 aromatic rings. The topological polar surface area (TPSA) is 122 Å². The van der Waals surface area contributed by atoms with Crippen molar-refractivity contribution in [3.8, 4) is 0 Å². The molecule has 0 aliphatic heterocycles. The van der Waals surface area contributed by atoms with Gasteiger partial charge < -0.3 is 24.8 Å². The van der Waals surface area contributed by atoms with Crippen molar-refractivity contribution in [3.05, 3.63) is 35.9 Å². The third-order valence-electron chi connectivity index (χ3n) is 3.86. The monoisotopic (exact) mass is 408 g/mol. The van der Waals surface area contributed by atoms with Crippen LogP contribution in [0.3, 0.4) is 0 Å². The smallest absolute Gasteiger partial charge is 0.408 e. The van der Waals surface area contributed by atoms with Crippen LogP contribution in [0.1, 0.15) is 39.7 Å². The summed E-state index contributed by atoms with van der Waals surface area (Å²) < 4.78 is 9.85. The number of ether oxygens (including phenoxy) is 2. The van der Waals surface area contributed by atoms with Gasteiger partial charge in [-0.15, -0.1) is 0 Å². The number of methoxy groups -OCH3 is 1. The lowest BCUT2D eigenvalue weighted by Crippen LogP contribution is -2.54. The van der Waals surface area contributed by atoms with E-state index >= 15 is 0 Å². The zero-order valence-corrected chi connectivity index (χ0v) is 17.3. The minimum absolute atomic E-state index is 0.0298. The Balaban J connectivity index is 3.15. The fourth-order valence-corrected chi connectivity index (χ4v) is 2.51. The van der Waals surface area contributed by atoms with Crippen LogP contribution in [-0.2, 0) is 30.4 Å². The summed E-state index contributed by atoms with van der Waals surface area (Å²) in [6, 6.07) is 6.46. The van der Waals surface area contributed by atoms with Gasteiger partial charge in [0.15, 0.2) is 0 Å². The molecular weight excluding hydrogens is 380 g/mol. The van der Waals surface area contributed by atoms with E-state index in [1.54, 1.807) is 51.1 Å². The Bertz CT molecular complexity index is 728. The number of alkyl carbamates (subject to hydrolysis) is 1. The molecule has 2 atom stereocenters. The third kappa shape index (κ3) is 8.20. The molecule has 0 aliphatic rings. The highest BCUT2D eigenvalue weighted by Crippen LogP contribution is 2.14. The fraction of sp³-hybridized carbons (Fsp3) is 0.500. The Morgan fingerprint density at radius 1 is 1.14 bits per heavy atom. The summed E-state index contributed by atoms with van der Waals surface area (Å²) in [5.74, 6) is -2.69. The summed E-state index contributed by atoms with van der Waals surface area (Å²) in [6.45, 7) is 6.42. The van der Waals surface area contributed by atoms with Crippen LogP contribution in [0.15, 0.2) is 30.3 Å². The van der Waals surface area contributed by atoms with Gasteiger partial charge in [-0.1, -0.05) is 30.3 Å². The highest BCUT2D eigenvalue weighted by molar-refractivity contribution is 5.92. The van der Waals surface area contributed by atoms with Crippen LogP contribution in [0.2, 0.25) is 0 Å². The Hall–Kier alpha value is -3.10. The average molecular weight is 408 g/mol. The first-order valence-corrected chi connectivity index (χ1v) is 9.08. The van der Waals surface area contributed by atoms with E-state index in [-0.39, 0.29) is 6.54 Å². The maximum atomic E-state index is 13.1. The van der Waals surface area contributed by atoms with Gasteiger partial charge in [0, 0.05) is 6.54 Å². The molecule has 160 valence electrons. The van der Waals surface area contributed by atoms with E-state index in [0.29, 0.717) is 0 Å². The van der Waals surface area contributed by atoms with Crippen molar-refractivity contribution in [1.82, 2.24) is 10.2 Å². The van der Waals surface area contributed by atoms with Crippen LogP contribution < -0.4 is 5.32 Å². The molecular formula is C20H28N2O7. The van der Waals surface area contributed by atoms with E-state index in [0.717, 1.165) is 5.56 Å². The molecule has 0 fully saturated rings. The number of benzene rings is 1. The predicted molar refractivity (Wildman–Crippen MR) is 104 cm³/mol. The maximum Gasteiger partial charge on any atom is 0.408 e.